The Morgan fingerprint density at radius 2 is 1.52 bits per heavy atom. The van der Waals surface area contributed by atoms with Gasteiger partial charge in [-0.25, -0.2) is 8.42 Å². The number of para-hydroxylation sites is 1. The molecule has 0 saturated heterocycles. The quantitative estimate of drug-likeness (QED) is 0.304. The Morgan fingerprint density at radius 1 is 0.900 bits per heavy atom. The minimum atomic E-state index is -3.82. The van der Waals surface area contributed by atoms with E-state index in [-0.39, 0.29) is 24.8 Å². The molecule has 1 atom stereocenters. The van der Waals surface area contributed by atoms with Crippen LogP contribution in [-0.2, 0) is 39.0 Å². The Labute approximate surface area is 243 Å². The van der Waals surface area contributed by atoms with Crippen LogP contribution in [0.5, 0.6) is 0 Å². The molecule has 1 unspecified atom stereocenters. The van der Waals surface area contributed by atoms with Crippen molar-refractivity contribution in [1.82, 2.24) is 10.2 Å². The predicted molar refractivity (Wildman–Crippen MR) is 162 cm³/mol. The molecule has 0 aromatic heterocycles. The highest BCUT2D eigenvalue weighted by Crippen LogP contribution is 2.25. The molecule has 214 valence electrons. The van der Waals surface area contributed by atoms with E-state index in [1.807, 2.05) is 63.2 Å². The number of benzene rings is 3. The van der Waals surface area contributed by atoms with Gasteiger partial charge in [0.1, 0.15) is 12.6 Å². The lowest BCUT2D eigenvalue weighted by Crippen LogP contribution is -2.53. The Balaban J connectivity index is 2.06. The third kappa shape index (κ3) is 8.83. The number of sulfonamides is 1. The third-order valence-corrected chi connectivity index (χ3v) is 7.92. The van der Waals surface area contributed by atoms with Gasteiger partial charge >= 0.3 is 0 Å². The molecule has 40 heavy (non-hydrogen) atoms. The second-order valence-electron chi connectivity index (χ2n) is 10.2. The molecule has 0 fully saturated rings. The van der Waals surface area contributed by atoms with Crippen molar-refractivity contribution >= 4 is 39.1 Å². The molecule has 3 aromatic carbocycles. The molecule has 2 amide bonds. The van der Waals surface area contributed by atoms with E-state index in [1.54, 1.807) is 36.4 Å². The van der Waals surface area contributed by atoms with Gasteiger partial charge in [0.25, 0.3) is 0 Å². The molecule has 0 heterocycles. The van der Waals surface area contributed by atoms with Crippen LogP contribution >= 0.6 is 11.6 Å². The highest BCUT2D eigenvalue weighted by atomic mass is 35.5. The average Bonchev–Trinajstić information content (AvgIpc) is 2.93. The molecule has 1 N–H and O–H groups in total. The lowest BCUT2D eigenvalue weighted by molar-refractivity contribution is -0.140. The Bertz CT molecular complexity index is 1380. The second kappa shape index (κ2) is 14.3. The minimum absolute atomic E-state index is 0.107. The van der Waals surface area contributed by atoms with Gasteiger partial charge in [0.2, 0.25) is 21.8 Å². The summed E-state index contributed by atoms with van der Waals surface area (Å²) in [6.45, 7) is 6.05. The van der Waals surface area contributed by atoms with Gasteiger partial charge in [-0.3, -0.25) is 13.9 Å². The van der Waals surface area contributed by atoms with Crippen LogP contribution in [0, 0.1) is 5.92 Å². The van der Waals surface area contributed by atoms with Gasteiger partial charge in [0.15, 0.2) is 0 Å². The summed E-state index contributed by atoms with van der Waals surface area (Å²) < 4.78 is 27.1. The van der Waals surface area contributed by atoms with E-state index in [0.29, 0.717) is 23.7 Å². The number of hydrogen-bond donors (Lipinski definition) is 1. The van der Waals surface area contributed by atoms with Crippen molar-refractivity contribution < 1.29 is 18.0 Å². The number of hydrogen-bond acceptors (Lipinski definition) is 4. The molecule has 7 nitrogen and oxygen atoms in total. The molecule has 3 aromatic rings. The summed E-state index contributed by atoms with van der Waals surface area (Å²) in [5.41, 5.74) is 2.92. The summed E-state index contributed by atoms with van der Waals surface area (Å²) in [6.07, 6.45) is 1.96. The van der Waals surface area contributed by atoms with Crippen LogP contribution in [0.3, 0.4) is 0 Å². The van der Waals surface area contributed by atoms with Crippen LogP contribution < -0.4 is 9.62 Å². The molecule has 0 aliphatic rings. The zero-order chi connectivity index (χ0) is 29.3. The number of nitrogens with one attached hydrogen (secondary N) is 1. The first-order valence-corrected chi connectivity index (χ1v) is 15.6. The third-order valence-electron chi connectivity index (χ3n) is 6.54. The summed E-state index contributed by atoms with van der Waals surface area (Å²) in [5.74, 6) is -0.556. The normalized spacial score (nSPS) is 12.2. The van der Waals surface area contributed by atoms with Gasteiger partial charge in [-0.2, -0.15) is 0 Å². The van der Waals surface area contributed by atoms with Crippen LogP contribution in [0.15, 0.2) is 78.9 Å². The van der Waals surface area contributed by atoms with E-state index in [4.69, 9.17) is 11.6 Å². The topological polar surface area (TPSA) is 86.8 Å². The highest BCUT2D eigenvalue weighted by molar-refractivity contribution is 7.92. The van der Waals surface area contributed by atoms with Gasteiger partial charge < -0.3 is 10.2 Å². The van der Waals surface area contributed by atoms with E-state index < -0.39 is 28.5 Å². The lowest BCUT2D eigenvalue weighted by Gasteiger charge is -2.34. The fourth-order valence-electron chi connectivity index (χ4n) is 4.41. The van der Waals surface area contributed by atoms with E-state index in [9.17, 15) is 18.0 Å². The highest BCUT2D eigenvalue weighted by Gasteiger charge is 2.33. The number of halogens is 1. The van der Waals surface area contributed by atoms with Crippen molar-refractivity contribution in [2.24, 2.45) is 5.92 Å². The maximum Gasteiger partial charge on any atom is 0.244 e. The van der Waals surface area contributed by atoms with Gasteiger partial charge in [-0.05, 0) is 47.2 Å². The minimum Gasteiger partial charge on any atom is -0.354 e. The molecular formula is C31H38ClN3O4S. The molecule has 3 rings (SSSR count). The van der Waals surface area contributed by atoms with E-state index >= 15 is 0 Å². The van der Waals surface area contributed by atoms with Crippen molar-refractivity contribution in [3.8, 4) is 0 Å². The summed E-state index contributed by atoms with van der Waals surface area (Å²) in [4.78, 5) is 29.3. The van der Waals surface area contributed by atoms with Gasteiger partial charge in [0.05, 0.1) is 11.9 Å². The van der Waals surface area contributed by atoms with Crippen LogP contribution in [0.2, 0.25) is 5.02 Å². The van der Waals surface area contributed by atoms with Crippen molar-refractivity contribution in [3.05, 3.63) is 101 Å². The number of carbonyl (C=O) groups excluding carboxylic acids is 2. The number of amides is 2. The summed E-state index contributed by atoms with van der Waals surface area (Å²) in [5, 5.41) is 3.53. The van der Waals surface area contributed by atoms with E-state index in [1.165, 1.54) is 4.90 Å². The standard InChI is InChI=1S/C31H38ClN3O4S/c1-5-26-13-9-10-14-28(26)35(40(4,38)39)22-30(36)34(21-25-15-17-27(32)18-16-25)29(31(37)33-20-23(2)3)19-24-11-7-6-8-12-24/h6-18,23,29H,5,19-22H2,1-4H3,(H,33,37). The van der Waals surface area contributed by atoms with Crippen molar-refractivity contribution in [1.29, 1.82) is 0 Å². The second-order valence-corrected chi connectivity index (χ2v) is 12.6. The van der Waals surface area contributed by atoms with E-state index in [0.717, 1.165) is 27.3 Å². The Morgan fingerprint density at radius 3 is 2.12 bits per heavy atom. The van der Waals surface area contributed by atoms with Crippen LogP contribution in [0.4, 0.5) is 5.69 Å². The summed E-state index contributed by atoms with van der Waals surface area (Å²) in [7, 11) is -3.82. The average molecular weight is 584 g/mol. The number of aryl methyl sites for hydroxylation is 1. The fourth-order valence-corrected chi connectivity index (χ4v) is 5.42. The Kier molecular flexibility index (Phi) is 11.2. The summed E-state index contributed by atoms with van der Waals surface area (Å²) in [6, 6.07) is 22.8. The van der Waals surface area contributed by atoms with Gasteiger partial charge in [0, 0.05) is 24.5 Å². The van der Waals surface area contributed by atoms with Crippen LogP contribution in [0.25, 0.3) is 0 Å². The fraction of sp³-hybridized carbons (Fsp3) is 0.355. The van der Waals surface area contributed by atoms with Crippen molar-refractivity contribution in [2.45, 2.75) is 46.2 Å². The molecule has 0 aliphatic heterocycles. The van der Waals surface area contributed by atoms with Crippen molar-refractivity contribution in [2.75, 3.05) is 23.7 Å². The zero-order valence-corrected chi connectivity index (χ0v) is 25.1. The molecule has 0 spiro atoms. The number of anilines is 1. The lowest BCUT2D eigenvalue weighted by atomic mass is 10.0. The molecule has 0 bridgehead atoms. The van der Waals surface area contributed by atoms with E-state index in [2.05, 4.69) is 5.32 Å². The maximum atomic E-state index is 14.1. The van der Waals surface area contributed by atoms with Crippen LogP contribution in [0.1, 0.15) is 37.5 Å². The van der Waals surface area contributed by atoms with Gasteiger partial charge in [-0.1, -0.05) is 93.0 Å². The number of carbonyl (C=O) groups is 2. The molecular weight excluding hydrogens is 546 g/mol. The summed E-state index contributed by atoms with van der Waals surface area (Å²) >= 11 is 6.10. The SMILES string of the molecule is CCc1ccccc1N(CC(=O)N(Cc1ccc(Cl)cc1)C(Cc1ccccc1)C(=O)NCC(C)C)S(C)(=O)=O. The number of nitrogens with zero attached hydrogens (tertiary/aromatic N) is 2. The molecule has 0 aliphatic carbocycles. The molecule has 0 saturated carbocycles. The number of rotatable bonds is 13. The first kappa shape index (κ1) is 31.2. The smallest absolute Gasteiger partial charge is 0.244 e. The monoisotopic (exact) mass is 583 g/mol. The zero-order valence-electron chi connectivity index (χ0n) is 23.5. The predicted octanol–water partition coefficient (Wildman–Crippen LogP) is 5.08. The molecule has 9 heteroatoms. The first-order valence-electron chi connectivity index (χ1n) is 13.4. The van der Waals surface area contributed by atoms with Crippen LogP contribution in [-0.4, -0.2) is 50.5 Å². The largest absolute Gasteiger partial charge is 0.354 e. The molecule has 0 radical (unpaired) electrons. The maximum absolute atomic E-state index is 14.1. The van der Waals surface area contributed by atoms with Crippen molar-refractivity contribution in [3.63, 3.8) is 0 Å². The first-order chi connectivity index (χ1) is 19.0. The van der Waals surface area contributed by atoms with Gasteiger partial charge in [-0.15, -0.1) is 0 Å². The Hall–Kier alpha value is -3.36.